The first-order chi connectivity index (χ1) is 9.27. The molecule has 1 aliphatic carbocycles. The van der Waals surface area contributed by atoms with E-state index in [4.69, 9.17) is 4.74 Å². The van der Waals surface area contributed by atoms with Gasteiger partial charge in [-0.05, 0) is 37.2 Å². The van der Waals surface area contributed by atoms with E-state index in [9.17, 15) is 0 Å². The second-order valence-electron chi connectivity index (χ2n) is 6.21. The van der Waals surface area contributed by atoms with Gasteiger partial charge in [0, 0.05) is 0 Å². The van der Waals surface area contributed by atoms with Gasteiger partial charge in [-0.25, -0.2) is 0 Å². The molecule has 1 rings (SSSR count). The van der Waals surface area contributed by atoms with E-state index in [0.717, 1.165) is 6.61 Å². The Morgan fingerprint density at radius 1 is 1.05 bits per heavy atom. The van der Waals surface area contributed by atoms with E-state index in [1.54, 1.807) is 0 Å². The molecule has 0 spiro atoms. The van der Waals surface area contributed by atoms with Crippen LogP contribution in [0.1, 0.15) is 84.5 Å². The lowest BCUT2D eigenvalue weighted by atomic mass is 9.90. The van der Waals surface area contributed by atoms with Crippen molar-refractivity contribution in [3.8, 4) is 0 Å². The number of ether oxygens (including phenoxy) is 1. The summed E-state index contributed by atoms with van der Waals surface area (Å²) < 4.78 is 6.09. The van der Waals surface area contributed by atoms with Crippen LogP contribution >= 0.6 is 0 Å². The zero-order chi connectivity index (χ0) is 13.9. The number of unbranched alkanes of at least 4 members (excludes halogenated alkanes) is 2. The van der Waals surface area contributed by atoms with Crippen LogP contribution in [-0.2, 0) is 4.74 Å². The first kappa shape index (κ1) is 16.8. The summed E-state index contributed by atoms with van der Waals surface area (Å²) in [5, 5.41) is 0. The van der Waals surface area contributed by atoms with Crippen molar-refractivity contribution in [1.82, 2.24) is 0 Å². The van der Waals surface area contributed by atoms with Crippen molar-refractivity contribution in [3.05, 3.63) is 12.2 Å². The number of rotatable bonds is 10. The molecule has 0 aromatic heterocycles. The summed E-state index contributed by atoms with van der Waals surface area (Å²) >= 11 is 0. The van der Waals surface area contributed by atoms with Gasteiger partial charge < -0.3 is 4.74 Å². The lowest BCUT2D eigenvalue weighted by Gasteiger charge is -2.25. The van der Waals surface area contributed by atoms with Gasteiger partial charge in [-0.2, -0.15) is 0 Å². The molecular formula is C18H34O. The van der Waals surface area contributed by atoms with E-state index < -0.39 is 0 Å². The standard InChI is InChI=1S/C18H34O/c1-4-6-11-17(12-7-5-2)16(3)15-19-18-13-9-8-10-14-18/h17-18H,3-15H2,1-2H3. The predicted molar refractivity (Wildman–Crippen MR) is 84.5 cm³/mol. The summed E-state index contributed by atoms with van der Waals surface area (Å²) in [7, 11) is 0. The van der Waals surface area contributed by atoms with Crippen LogP contribution < -0.4 is 0 Å². The van der Waals surface area contributed by atoms with Gasteiger partial charge in [0.05, 0.1) is 12.7 Å². The third-order valence-corrected chi connectivity index (χ3v) is 4.45. The lowest BCUT2D eigenvalue weighted by Crippen LogP contribution is -2.19. The topological polar surface area (TPSA) is 9.23 Å². The maximum Gasteiger partial charge on any atom is 0.0680 e. The molecule has 0 aromatic rings. The minimum absolute atomic E-state index is 0.517. The van der Waals surface area contributed by atoms with Crippen LogP contribution in [0.2, 0.25) is 0 Å². The molecule has 19 heavy (non-hydrogen) atoms. The summed E-state index contributed by atoms with van der Waals surface area (Å²) in [6, 6.07) is 0. The average Bonchev–Trinajstić information content (AvgIpc) is 2.46. The molecule has 0 heterocycles. The second-order valence-corrected chi connectivity index (χ2v) is 6.21. The molecule has 0 aliphatic heterocycles. The summed E-state index contributed by atoms with van der Waals surface area (Å²) in [6.45, 7) is 9.68. The van der Waals surface area contributed by atoms with E-state index in [-0.39, 0.29) is 0 Å². The molecule has 1 fully saturated rings. The Labute approximate surface area is 120 Å². The van der Waals surface area contributed by atoms with Crippen LogP contribution in [0.25, 0.3) is 0 Å². The molecule has 0 bridgehead atoms. The van der Waals surface area contributed by atoms with Crippen molar-refractivity contribution in [2.24, 2.45) is 5.92 Å². The van der Waals surface area contributed by atoms with Gasteiger partial charge >= 0.3 is 0 Å². The molecule has 1 saturated carbocycles. The molecule has 0 saturated heterocycles. The quantitative estimate of drug-likeness (QED) is 0.448. The van der Waals surface area contributed by atoms with Crippen molar-refractivity contribution >= 4 is 0 Å². The van der Waals surface area contributed by atoms with Crippen molar-refractivity contribution in [2.75, 3.05) is 6.61 Å². The van der Waals surface area contributed by atoms with Gasteiger partial charge in [0.25, 0.3) is 0 Å². The third kappa shape index (κ3) is 7.15. The van der Waals surface area contributed by atoms with Crippen molar-refractivity contribution < 1.29 is 4.74 Å². The van der Waals surface area contributed by atoms with E-state index in [0.29, 0.717) is 12.0 Å². The minimum atomic E-state index is 0.517. The fourth-order valence-corrected chi connectivity index (χ4v) is 3.03. The highest BCUT2D eigenvalue weighted by Crippen LogP contribution is 2.26. The largest absolute Gasteiger partial charge is 0.374 e. The summed E-state index contributed by atoms with van der Waals surface area (Å²) in [4.78, 5) is 0. The molecule has 0 amide bonds. The Kier molecular flexibility index (Phi) is 9.24. The van der Waals surface area contributed by atoms with Gasteiger partial charge in [-0.3, -0.25) is 0 Å². The van der Waals surface area contributed by atoms with Crippen LogP contribution in [0.3, 0.4) is 0 Å². The van der Waals surface area contributed by atoms with E-state index in [1.165, 1.54) is 76.2 Å². The van der Waals surface area contributed by atoms with Crippen molar-refractivity contribution in [1.29, 1.82) is 0 Å². The van der Waals surface area contributed by atoms with E-state index >= 15 is 0 Å². The number of hydrogen-bond donors (Lipinski definition) is 0. The van der Waals surface area contributed by atoms with E-state index in [2.05, 4.69) is 20.4 Å². The normalized spacial score (nSPS) is 17.0. The monoisotopic (exact) mass is 266 g/mol. The first-order valence-corrected chi connectivity index (χ1v) is 8.57. The Bertz CT molecular complexity index is 220. The van der Waals surface area contributed by atoms with Gasteiger partial charge in [0.15, 0.2) is 0 Å². The Morgan fingerprint density at radius 2 is 1.63 bits per heavy atom. The Balaban J connectivity index is 2.28. The zero-order valence-corrected chi connectivity index (χ0v) is 13.3. The SMILES string of the molecule is C=C(COC1CCCCC1)C(CCCC)CCCC. The fraction of sp³-hybridized carbons (Fsp3) is 0.889. The molecule has 0 aromatic carbocycles. The fourth-order valence-electron chi connectivity index (χ4n) is 3.03. The molecule has 112 valence electrons. The van der Waals surface area contributed by atoms with Crippen LogP contribution in [0.15, 0.2) is 12.2 Å². The van der Waals surface area contributed by atoms with Crippen LogP contribution in [-0.4, -0.2) is 12.7 Å². The minimum Gasteiger partial charge on any atom is -0.374 e. The third-order valence-electron chi connectivity index (χ3n) is 4.45. The average molecular weight is 266 g/mol. The van der Waals surface area contributed by atoms with Crippen LogP contribution in [0, 0.1) is 5.92 Å². The van der Waals surface area contributed by atoms with Crippen LogP contribution in [0.5, 0.6) is 0 Å². The first-order valence-electron chi connectivity index (χ1n) is 8.57. The zero-order valence-electron chi connectivity index (χ0n) is 13.3. The van der Waals surface area contributed by atoms with Crippen molar-refractivity contribution in [3.63, 3.8) is 0 Å². The highest BCUT2D eigenvalue weighted by molar-refractivity contribution is 5.01. The number of hydrogen-bond acceptors (Lipinski definition) is 1. The summed E-state index contributed by atoms with van der Waals surface area (Å²) in [5.41, 5.74) is 1.35. The molecule has 1 aliphatic rings. The molecule has 0 atom stereocenters. The van der Waals surface area contributed by atoms with Crippen LogP contribution in [0.4, 0.5) is 0 Å². The van der Waals surface area contributed by atoms with Gasteiger partial charge in [0.1, 0.15) is 0 Å². The Morgan fingerprint density at radius 3 is 2.16 bits per heavy atom. The molecule has 0 radical (unpaired) electrons. The maximum absolute atomic E-state index is 6.09. The molecule has 0 N–H and O–H groups in total. The highest BCUT2D eigenvalue weighted by Gasteiger charge is 2.17. The van der Waals surface area contributed by atoms with Crippen molar-refractivity contribution in [2.45, 2.75) is 90.6 Å². The second kappa shape index (κ2) is 10.5. The van der Waals surface area contributed by atoms with Gasteiger partial charge in [-0.1, -0.05) is 65.4 Å². The Hall–Kier alpha value is -0.300. The maximum atomic E-state index is 6.09. The van der Waals surface area contributed by atoms with E-state index in [1.807, 2.05) is 0 Å². The van der Waals surface area contributed by atoms with Gasteiger partial charge in [-0.15, -0.1) is 0 Å². The van der Waals surface area contributed by atoms with Gasteiger partial charge in [0.2, 0.25) is 0 Å². The predicted octanol–water partition coefficient (Wildman–Crippen LogP) is 5.89. The summed E-state index contributed by atoms with van der Waals surface area (Å²) in [6.07, 6.45) is 15.0. The molecule has 0 unspecified atom stereocenters. The lowest BCUT2D eigenvalue weighted by molar-refractivity contribution is 0.0389. The molecule has 1 nitrogen and oxygen atoms in total. The molecular weight excluding hydrogens is 232 g/mol. The molecule has 1 heteroatoms. The highest BCUT2D eigenvalue weighted by atomic mass is 16.5. The smallest absolute Gasteiger partial charge is 0.0680 e. The summed E-state index contributed by atoms with van der Waals surface area (Å²) in [5.74, 6) is 0.698.